The molecule has 5 heteroatoms. The number of H-pyrrole nitrogens is 1. The number of carbonyl (C=O) groups is 1. The van der Waals surface area contributed by atoms with Gasteiger partial charge in [-0.15, -0.1) is 0 Å². The molecule has 0 atom stereocenters. The first kappa shape index (κ1) is 18.3. The Balaban J connectivity index is 1.41. The lowest BCUT2D eigenvalue weighted by atomic mass is 9.99. The van der Waals surface area contributed by atoms with Crippen molar-refractivity contribution >= 4 is 22.4 Å². The summed E-state index contributed by atoms with van der Waals surface area (Å²) in [6.07, 6.45) is 4.75. The van der Waals surface area contributed by atoms with Gasteiger partial charge in [-0.1, -0.05) is 12.1 Å². The van der Waals surface area contributed by atoms with Crippen molar-refractivity contribution in [1.29, 1.82) is 0 Å². The van der Waals surface area contributed by atoms with E-state index < -0.39 is 0 Å². The Morgan fingerprint density at radius 2 is 1.96 bits per heavy atom. The summed E-state index contributed by atoms with van der Waals surface area (Å²) in [6, 6.07) is 10.7. The number of aromatic nitrogens is 1. The molecule has 1 aromatic heterocycles. The summed E-state index contributed by atoms with van der Waals surface area (Å²) >= 11 is 0. The molecule has 1 aliphatic rings. The monoisotopic (exact) mass is 378 g/mol. The minimum atomic E-state index is -0.251. The van der Waals surface area contributed by atoms with Gasteiger partial charge in [0.25, 0.3) is 5.91 Å². The number of amides is 1. The molecule has 0 bridgehead atoms. The maximum Gasteiger partial charge on any atom is 0.260 e. The highest BCUT2D eigenvalue weighted by molar-refractivity contribution is 5.93. The number of benzene rings is 2. The van der Waals surface area contributed by atoms with E-state index in [1.807, 2.05) is 32.2 Å². The van der Waals surface area contributed by atoms with E-state index in [0.717, 1.165) is 39.8 Å². The highest BCUT2D eigenvalue weighted by atomic mass is 19.1. The van der Waals surface area contributed by atoms with Gasteiger partial charge in [-0.05, 0) is 67.3 Å². The van der Waals surface area contributed by atoms with Crippen LogP contribution in [-0.4, -0.2) is 35.5 Å². The second-order valence-corrected chi connectivity index (χ2v) is 7.32. The maximum absolute atomic E-state index is 13.4. The van der Waals surface area contributed by atoms with E-state index in [2.05, 4.69) is 17.1 Å². The van der Waals surface area contributed by atoms with Gasteiger partial charge in [-0.25, -0.2) is 4.39 Å². The lowest BCUT2D eigenvalue weighted by Gasteiger charge is -2.26. The molecule has 2 aromatic carbocycles. The summed E-state index contributed by atoms with van der Waals surface area (Å²) in [7, 11) is 0. The number of hydrogen-bond donors (Lipinski definition) is 1. The van der Waals surface area contributed by atoms with Crippen LogP contribution < -0.4 is 4.74 Å². The molecule has 0 saturated carbocycles. The van der Waals surface area contributed by atoms with Crippen LogP contribution in [0, 0.1) is 19.7 Å². The SMILES string of the molecule is Cc1cc(C)cc(OCC(=O)N2CC=C(c3c[nH]c4cc(F)ccc34)CC2)c1. The normalized spacial score (nSPS) is 14.2. The number of fused-ring (bicyclic) bond motifs is 1. The highest BCUT2D eigenvalue weighted by Crippen LogP contribution is 2.29. The molecule has 1 aliphatic heterocycles. The Labute approximate surface area is 163 Å². The molecule has 0 fully saturated rings. The van der Waals surface area contributed by atoms with Gasteiger partial charge < -0.3 is 14.6 Å². The molecular formula is C23H23FN2O2. The van der Waals surface area contributed by atoms with Gasteiger partial charge in [-0.3, -0.25) is 4.79 Å². The molecule has 0 radical (unpaired) electrons. The number of carbonyl (C=O) groups excluding carboxylic acids is 1. The molecule has 4 rings (SSSR count). The average Bonchev–Trinajstić information content (AvgIpc) is 3.08. The molecule has 0 saturated heterocycles. The van der Waals surface area contributed by atoms with Crippen LogP contribution in [0.4, 0.5) is 4.39 Å². The molecule has 4 nitrogen and oxygen atoms in total. The predicted molar refractivity (Wildman–Crippen MR) is 109 cm³/mol. The van der Waals surface area contributed by atoms with E-state index in [-0.39, 0.29) is 18.3 Å². The van der Waals surface area contributed by atoms with Gasteiger partial charge in [-0.2, -0.15) is 0 Å². The third kappa shape index (κ3) is 3.79. The van der Waals surface area contributed by atoms with Crippen LogP contribution in [-0.2, 0) is 4.79 Å². The molecule has 0 spiro atoms. The minimum absolute atomic E-state index is 0.0181. The van der Waals surface area contributed by atoms with Crippen molar-refractivity contribution in [2.75, 3.05) is 19.7 Å². The van der Waals surface area contributed by atoms with Crippen LogP contribution in [0.1, 0.15) is 23.1 Å². The number of hydrogen-bond acceptors (Lipinski definition) is 2. The molecule has 144 valence electrons. The zero-order chi connectivity index (χ0) is 19.7. The summed E-state index contributed by atoms with van der Waals surface area (Å²) in [5.41, 5.74) is 5.28. The smallest absolute Gasteiger partial charge is 0.260 e. The number of rotatable bonds is 4. The van der Waals surface area contributed by atoms with Crippen molar-refractivity contribution in [3.05, 3.63) is 71.2 Å². The topological polar surface area (TPSA) is 45.3 Å². The van der Waals surface area contributed by atoms with Crippen molar-refractivity contribution in [2.24, 2.45) is 0 Å². The van der Waals surface area contributed by atoms with E-state index in [1.54, 1.807) is 11.0 Å². The number of aryl methyl sites for hydroxylation is 2. The lowest BCUT2D eigenvalue weighted by Crippen LogP contribution is -2.37. The third-order valence-electron chi connectivity index (χ3n) is 5.11. The van der Waals surface area contributed by atoms with E-state index in [4.69, 9.17) is 4.74 Å². The molecule has 2 heterocycles. The van der Waals surface area contributed by atoms with E-state index >= 15 is 0 Å². The van der Waals surface area contributed by atoms with Gasteiger partial charge in [0.2, 0.25) is 0 Å². The zero-order valence-electron chi connectivity index (χ0n) is 16.1. The Hall–Kier alpha value is -3.08. The molecule has 0 unspecified atom stereocenters. The first-order chi connectivity index (χ1) is 13.5. The molecule has 3 aromatic rings. The van der Waals surface area contributed by atoms with Gasteiger partial charge in [0.05, 0.1) is 0 Å². The Morgan fingerprint density at radius 3 is 2.68 bits per heavy atom. The van der Waals surface area contributed by atoms with Gasteiger partial charge in [0.15, 0.2) is 6.61 Å². The van der Waals surface area contributed by atoms with Crippen LogP contribution in [0.5, 0.6) is 5.75 Å². The molecule has 1 N–H and O–H groups in total. The highest BCUT2D eigenvalue weighted by Gasteiger charge is 2.20. The van der Waals surface area contributed by atoms with E-state index in [1.165, 1.54) is 17.7 Å². The van der Waals surface area contributed by atoms with E-state index in [9.17, 15) is 9.18 Å². The fraction of sp³-hybridized carbons (Fsp3) is 0.261. The first-order valence-corrected chi connectivity index (χ1v) is 9.44. The largest absolute Gasteiger partial charge is 0.484 e. The summed E-state index contributed by atoms with van der Waals surface area (Å²) < 4.78 is 19.1. The summed E-state index contributed by atoms with van der Waals surface area (Å²) in [6.45, 7) is 5.26. The van der Waals surface area contributed by atoms with Crippen molar-refractivity contribution in [3.8, 4) is 5.75 Å². The molecular weight excluding hydrogens is 355 g/mol. The van der Waals surface area contributed by atoms with Crippen LogP contribution in [0.25, 0.3) is 16.5 Å². The molecule has 1 amide bonds. The number of ether oxygens (including phenoxy) is 1. The Kier molecular flexibility index (Phi) is 4.90. The number of nitrogens with one attached hydrogen (secondary N) is 1. The minimum Gasteiger partial charge on any atom is -0.484 e. The standard InChI is InChI=1S/C23H23FN2O2/c1-15-9-16(2)11-19(10-15)28-14-23(27)26-7-5-17(6-8-26)21-13-25-22-12-18(24)3-4-20(21)22/h3-5,9-13,25H,6-8,14H2,1-2H3. The molecule has 0 aliphatic carbocycles. The summed E-state index contributed by atoms with van der Waals surface area (Å²) in [5, 5.41) is 1.01. The lowest BCUT2D eigenvalue weighted by molar-refractivity contribution is -0.132. The second kappa shape index (κ2) is 7.50. The van der Waals surface area contributed by atoms with Gasteiger partial charge in [0, 0.05) is 35.8 Å². The fourth-order valence-corrected chi connectivity index (χ4v) is 3.76. The summed E-state index contributed by atoms with van der Waals surface area (Å²) in [5.74, 6) is 0.458. The van der Waals surface area contributed by atoms with Crippen molar-refractivity contribution in [2.45, 2.75) is 20.3 Å². The third-order valence-corrected chi connectivity index (χ3v) is 5.11. The second-order valence-electron chi connectivity index (χ2n) is 7.32. The van der Waals surface area contributed by atoms with Crippen molar-refractivity contribution in [1.82, 2.24) is 9.88 Å². The average molecular weight is 378 g/mol. The first-order valence-electron chi connectivity index (χ1n) is 9.44. The van der Waals surface area contributed by atoms with Crippen LogP contribution in [0.3, 0.4) is 0 Å². The van der Waals surface area contributed by atoms with E-state index in [0.29, 0.717) is 13.1 Å². The number of aromatic amines is 1. The maximum atomic E-state index is 13.4. The van der Waals surface area contributed by atoms with Crippen molar-refractivity contribution < 1.29 is 13.9 Å². The van der Waals surface area contributed by atoms with Crippen LogP contribution >= 0.6 is 0 Å². The van der Waals surface area contributed by atoms with Crippen LogP contribution in [0.15, 0.2) is 48.7 Å². The van der Waals surface area contributed by atoms with Gasteiger partial charge >= 0.3 is 0 Å². The van der Waals surface area contributed by atoms with Crippen LogP contribution in [0.2, 0.25) is 0 Å². The van der Waals surface area contributed by atoms with Crippen molar-refractivity contribution in [3.63, 3.8) is 0 Å². The quantitative estimate of drug-likeness (QED) is 0.720. The molecule has 28 heavy (non-hydrogen) atoms. The predicted octanol–water partition coefficient (Wildman–Crippen LogP) is 4.62. The Morgan fingerprint density at radius 1 is 1.18 bits per heavy atom. The van der Waals surface area contributed by atoms with Gasteiger partial charge in [0.1, 0.15) is 11.6 Å². The fourth-order valence-electron chi connectivity index (χ4n) is 3.76. The Bertz CT molecular complexity index is 1050. The number of nitrogens with zero attached hydrogens (tertiary/aromatic N) is 1. The number of halogens is 1. The zero-order valence-corrected chi connectivity index (χ0v) is 16.1. The summed E-state index contributed by atoms with van der Waals surface area (Å²) in [4.78, 5) is 17.4.